The first-order valence-corrected chi connectivity index (χ1v) is 13.6. The van der Waals surface area contributed by atoms with Crippen molar-refractivity contribution in [3.63, 3.8) is 0 Å². The molecule has 2 aromatic carbocycles. The molecule has 44 heavy (non-hydrogen) atoms. The number of halogens is 7. The van der Waals surface area contributed by atoms with E-state index < -0.39 is 48.5 Å². The molecule has 1 saturated carbocycles. The molecule has 2 aliphatic rings. The molecule has 7 nitrogen and oxygen atoms in total. The molecule has 2 heterocycles. The molecule has 0 bridgehead atoms. The van der Waals surface area contributed by atoms with Gasteiger partial charge in [0.05, 0.1) is 5.84 Å². The van der Waals surface area contributed by atoms with Crippen molar-refractivity contribution < 1.29 is 45.0 Å². The van der Waals surface area contributed by atoms with Crippen LogP contribution in [-0.4, -0.2) is 42.4 Å². The standard InChI is InChI=1S/C30H27F7N4O3/c1-14-9-18(10-24(44-30(35,36)37)25(14)40-15(2)38)28(42)39-12-21(16-3-4-16)23-11-20-22(29(32,33)34)13-43-27(20)26(41-23)17-5-7-19(31)8-6-17/h5-11,16,21-22H,3-4,12-13H2,1-2H3,(H2,38,40)(H,39,42)/t21-,22+/m0/s1. The molecule has 5 rings (SSSR count). The highest BCUT2D eigenvalue weighted by atomic mass is 19.4. The number of pyridine rings is 1. The van der Waals surface area contributed by atoms with E-state index in [1.807, 2.05) is 0 Å². The maximum atomic E-state index is 13.9. The summed E-state index contributed by atoms with van der Waals surface area (Å²) in [6, 6.07) is 8.67. The van der Waals surface area contributed by atoms with E-state index in [0.29, 0.717) is 5.56 Å². The van der Waals surface area contributed by atoms with Crippen molar-refractivity contribution in [1.82, 2.24) is 10.3 Å². The molecule has 2 atom stereocenters. The lowest BCUT2D eigenvalue weighted by Gasteiger charge is -2.21. The summed E-state index contributed by atoms with van der Waals surface area (Å²) in [5.74, 6) is -4.48. The Labute approximate surface area is 247 Å². The van der Waals surface area contributed by atoms with Crippen LogP contribution in [0.2, 0.25) is 0 Å². The Morgan fingerprint density at radius 1 is 1.14 bits per heavy atom. The van der Waals surface area contributed by atoms with Crippen molar-refractivity contribution in [2.75, 3.05) is 13.2 Å². The van der Waals surface area contributed by atoms with Gasteiger partial charge in [-0.15, -0.1) is 13.2 Å². The number of alkyl halides is 6. The molecule has 234 valence electrons. The molecule has 3 N–H and O–H groups in total. The summed E-state index contributed by atoms with van der Waals surface area (Å²) in [4.78, 5) is 21.7. The molecule has 1 aliphatic carbocycles. The van der Waals surface area contributed by atoms with Crippen LogP contribution >= 0.6 is 0 Å². The molecule has 0 saturated heterocycles. The second-order valence-corrected chi connectivity index (χ2v) is 10.8. The van der Waals surface area contributed by atoms with Crippen LogP contribution in [-0.2, 0) is 0 Å². The minimum absolute atomic E-state index is 0.0105. The van der Waals surface area contributed by atoms with Crippen LogP contribution in [0.15, 0.2) is 47.5 Å². The highest BCUT2D eigenvalue weighted by Gasteiger charge is 2.48. The Bertz CT molecular complexity index is 1600. The fourth-order valence-electron chi connectivity index (χ4n) is 5.22. The van der Waals surface area contributed by atoms with Crippen LogP contribution in [0.1, 0.15) is 58.8 Å². The van der Waals surface area contributed by atoms with Crippen LogP contribution < -0.4 is 20.5 Å². The second kappa shape index (κ2) is 11.6. The second-order valence-electron chi connectivity index (χ2n) is 10.8. The van der Waals surface area contributed by atoms with Gasteiger partial charge >= 0.3 is 12.5 Å². The van der Waals surface area contributed by atoms with Gasteiger partial charge in [-0.2, -0.15) is 13.2 Å². The van der Waals surface area contributed by atoms with Gasteiger partial charge < -0.3 is 20.5 Å². The molecule has 1 aliphatic heterocycles. The number of nitrogens with zero attached hydrogens (tertiary/aromatic N) is 2. The summed E-state index contributed by atoms with van der Waals surface area (Å²) in [7, 11) is 0. The quantitative estimate of drug-likeness (QED) is 0.159. The molecule has 0 unspecified atom stereocenters. The van der Waals surface area contributed by atoms with Gasteiger partial charge in [0.25, 0.3) is 5.91 Å². The number of amides is 1. The van der Waals surface area contributed by atoms with E-state index in [9.17, 15) is 35.5 Å². The van der Waals surface area contributed by atoms with Crippen LogP contribution in [0.4, 0.5) is 36.4 Å². The Hall–Kier alpha value is -4.36. The van der Waals surface area contributed by atoms with Crippen molar-refractivity contribution in [2.45, 2.75) is 51.1 Å². The number of nitrogens with two attached hydrogens (primary N) is 1. The fourth-order valence-corrected chi connectivity index (χ4v) is 5.22. The average molecular weight is 625 g/mol. The number of aryl methyl sites for hydroxylation is 1. The summed E-state index contributed by atoms with van der Waals surface area (Å²) < 4.78 is 104. The third kappa shape index (κ3) is 6.89. The van der Waals surface area contributed by atoms with Crippen LogP contribution in [0.3, 0.4) is 0 Å². The SMILES string of the molecule is C/C(N)=N\c1c(C)cc(C(=O)NC[C@H](c2cc3c(c(-c4ccc(F)cc4)n2)OC[C@H]3C(F)(F)F)C2CC2)cc1OC(F)(F)F. The van der Waals surface area contributed by atoms with E-state index in [1.54, 1.807) is 0 Å². The Kier molecular flexibility index (Phi) is 8.21. The molecule has 0 radical (unpaired) electrons. The van der Waals surface area contributed by atoms with Gasteiger partial charge in [0.2, 0.25) is 0 Å². The number of aliphatic imine (C=N–C) groups is 1. The first kappa shape index (κ1) is 31.1. The number of hydrogen-bond acceptors (Lipinski definition) is 5. The number of carbonyl (C=O) groups is 1. The summed E-state index contributed by atoms with van der Waals surface area (Å²) in [6.45, 7) is 2.13. The van der Waals surface area contributed by atoms with Gasteiger partial charge in [-0.25, -0.2) is 14.4 Å². The minimum Gasteiger partial charge on any atom is -0.490 e. The lowest BCUT2D eigenvalue weighted by Crippen LogP contribution is -2.30. The van der Waals surface area contributed by atoms with Crippen molar-refractivity contribution >= 4 is 17.4 Å². The highest BCUT2D eigenvalue weighted by molar-refractivity contribution is 5.96. The summed E-state index contributed by atoms with van der Waals surface area (Å²) in [5, 5.41) is 2.69. The van der Waals surface area contributed by atoms with E-state index >= 15 is 0 Å². The number of hydrogen-bond donors (Lipinski definition) is 2. The van der Waals surface area contributed by atoms with Gasteiger partial charge in [-0.05, 0) is 80.6 Å². The van der Waals surface area contributed by atoms with Crippen molar-refractivity contribution in [2.24, 2.45) is 16.6 Å². The lowest BCUT2D eigenvalue weighted by molar-refractivity contribution is -0.274. The van der Waals surface area contributed by atoms with Crippen molar-refractivity contribution in [3.8, 4) is 22.8 Å². The number of benzene rings is 2. The van der Waals surface area contributed by atoms with Crippen molar-refractivity contribution in [1.29, 1.82) is 0 Å². The molecule has 1 fully saturated rings. The topological polar surface area (TPSA) is 98.8 Å². The van der Waals surface area contributed by atoms with E-state index in [-0.39, 0.29) is 57.8 Å². The number of fused-ring (bicyclic) bond motifs is 1. The van der Waals surface area contributed by atoms with Gasteiger partial charge in [0.15, 0.2) is 5.75 Å². The summed E-state index contributed by atoms with van der Waals surface area (Å²) in [6.07, 6.45) is -8.19. The van der Waals surface area contributed by atoms with Crippen LogP contribution in [0, 0.1) is 18.7 Å². The minimum atomic E-state index is -5.06. The Balaban J connectivity index is 1.48. The number of rotatable bonds is 8. The smallest absolute Gasteiger partial charge is 0.490 e. The van der Waals surface area contributed by atoms with Crippen LogP contribution in [0.25, 0.3) is 11.3 Å². The average Bonchev–Trinajstić information content (AvgIpc) is 3.65. The lowest BCUT2D eigenvalue weighted by atomic mass is 9.92. The van der Waals surface area contributed by atoms with Crippen LogP contribution in [0.5, 0.6) is 11.5 Å². The van der Waals surface area contributed by atoms with E-state index in [0.717, 1.165) is 31.0 Å². The molecular formula is C30H27F7N4O3. The maximum Gasteiger partial charge on any atom is 0.573 e. The van der Waals surface area contributed by atoms with Gasteiger partial charge in [0, 0.05) is 34.8 Å². The first-order chi connectivity index (χ1) is 20.6. The summed E-state index contributed by atoms with van der Waals surface area (Å²) in [5.41, 5.74) is 6.08. The molecule has 0 spiro atoms. The number of aromatic nitrogens is 1. The van der Waals surface area contributed by atoms with Gasteiger partial charge in [-0.3, -0.25) is 4.79 Å². The molecule has 3 aromatic rings. The predicted octanol–water partition coefficient (Wildman–Crippen LogP) is 7.07. The zero-order valence-electron chi connectivity index (χ0n) is 23.4. The van der Waals surface area contributed by atoms with Crippen molar-refractivity contribution in [3.05, 3.63) is 70.7 Å². The Morgan fingerprint density at radius 3 is 2.41 bits per heavy atom. The molecule has 1 aromatic heterocycles. The summed E-state index contributed by atoms with van der Waals surface area (Å²) >= 11 is 0. The molecule has 1 amide bonds. The third-order valence-electron chi connectivity index (χ3n) is 7.40. The zero-order chi connectivity index (χ0) is 32.0. The number of ether oxygens (including phenoxy) is 2. The highest BCUT2D eigenvalue weighted by Crippen LogP contribution is 2.50. The van der Waals surface area contributed by atoms with Gasteiger partial charge in [-0.1, -0.05) is 0 Å². The van der Waals surface area contributed by atoms with E-state index in [1.165, 1.54) is 38.1 Å². The zero-order valence-corrected chi connectivity index (χ0v) is 23.4. The third-order valence-corrected chi connectivity index (χ3v) is 7.40. The monoisotopic (exact) mass is 624 g/mol. The fraction of sp³-hybridized carbons (Fsp3) is 0.367. The first-order valence-electron chi connectivity index (χ1n) is 13.6. The van der Waals surface area contributed by atoms with Gasteiger partial charge in [0.1, 0.15) is 35.5 Å². The number of nitrogens with one attached hydrogen (secondary N) is 1. The molecular weight excluding hydrogens is 597 g/mol. The number of carbonyl (C=O) groups excluding carboxylic acids is 1. The number of amidine groups is 1. The Morgan fingerprint density at radius 2 is 1.82 bits per heavy atom. The predicted molar refractivity (Wildman–Crippen MR) is 147 cm³/mol. The largest absolute Gasteiger partial charge is 0.573 e. The molecule has 14 heteroatoms. The van der Waals surface area contributed by atoms with E-state index in [4.69, 9.17) is 10.5 Å². The normalized spacial score (nSPS) is 17.6. The van der Waals surface area contributed by atoms with E-state index in [2.05, 4.69) is 20.0 Å². The maximum absolute atomic E-state index is 13.9.